The van der Waals surface area contributed by atoms with Gasteiger partial charge in [-0.05, 0) is 56.9 Å². The Morgan fingerprint density at radius 2 is 1.77 bits per heavy atom. The molecule has 0 bridgehead atoms. The smallest absolute Gasteiger partial charge is 0.269 e. The molecule has 2 amide bonds. The Balaban J connectivity index is 1.46. The molecule has 0 radical (unpaired) electrons. The molecule has 1 unspecified atom stereocenters. The van der Waals surface area contributed by atoms with Crippen LogP contribution >= 0.6 is 0 Å². The van der Waals surface area contributed by atoms with Crippen molar-refractivity contribution in [2.45, 2.75) is 44.6 Å². The van der Waals surface area contributed by atoms with Gasteiger partial charge in [0.1, 0.15) is 0 Å². The first kappa shape index (κ1) is 28.0. The van der Waals surface area contributed by atoms with Crippen molar-refractivity contribution in [2.24, 2.45) is 0 Å². The Morgan fingerprint density at radius 1 is 1.10 bits per heavy atom. The molecule has 2 aromatic carbocycles. The number of carbonyl (C=O) groups is 2. The maximum absolute atomic E-state index is 12.4. The fourth-order valence-corrected chi connectivity index (χ4v) is 5.57. The van der Waals surface area contributed by atoms with Crippen LogP contribution in [-0.2, 0) is 15.2 Å². The summed E-state index contributed by atoms with van der Waals surface area (Å²) in [5, 5.41) is 23.9. The molecule has 2 heterocycles. The van der Waals surface area contributed by atoms with Crippen LogP contribution in [0.2, 0.25) is 0 Å². The Bertz CT molecular complexity index is 1240. The summed E-state index contributed by atoms with van der Waals surface area (Å²) >= 11 is 0. The number of nitro benzene ring substituents is 1. The monoisotopic (exact) mass is 533 g/mol. The van der Waals surface area contributed by atoms with Crippen molar-refractivity contribution >= 4 is 18.5 Å². The van der Waals surface area contributed by atoms with Gasteiger partial charge in [0.25, 0.3) is 5.69 Å². The van der Waals surface area contributed by atoms with Crippen LogP contribution in [0.15, 0.2) is 77.8 Å². The van der Waals surface area contributed by atoms with E-state index in [4.69, 9.17) is 0 Å². The van der Waals surface area contributed by atoms with E-state index in [1.165, 1.54) is 12.1 Å². The molecule has 0 spiro atoms. The third-order valence-electron chi connectivity index (χ3n) is 7.71. The number of piperidine rings is 1. The van der Waals surface area contributed by atoms with E-state index in [1.54, 1.807) is 22.0 Å². The largest absolute Gasteiger partial charge is 0.385 e. The van der Waals surface area contributed by atoms with Gasteiger partial charge in [0.15, 0.2) is 0 Å². The number of amides is 2. The van der Waals surface area contributed by atoms with E-state index in [1.807, 2.05) is 50.3 Å². The van der Waals surface area contributed by atoms with Crippen molar-refractivity contribution in [2.75, 3.05) is 26.2 Å². The second kappa shape index (κ2) is 12.2. The second-order valence-electron chi connectivity index (χ2n) is 10.1. The van der Waals surface area contributed by atoms with Crippen LogP contribution < -0.4 is 5.43 Å². The Kier molecular flexibility index (Phi) is 8.78. The molecule has 2 aliphatic rings. The molecule has 2 aliphatic heterocycles. The highest BCUT2D eigenvalue weighted by molar-refractivity contribution is 5.56. The lowest BCUT2D eigenvalue weighted by molar-refractivity contribution is -0.384. The highest BCUT2D eigenvalue weighted by Crippen LogP contribution is 2.38. The van der Waals surface area contributed by atoms with Gasteiger partial charge in [0, 0.05) is 43.4 Å². The third-order valence-corrected chi connectivity index (χ3v) is 7.71. The minimum atomic E-state index is -0.812. The standard InChI is InChI=1S/C29H35N5O5/c1-22-19-27(24-9-11-26(12-10-24)34(38)39)28(23(2)33(22)30-20-35)32(21-36)16-6-15-31-17-13-29(37,14-18-31)25-7-4-3-5-8-25/h3-5,7-12,19-21,27,37H,6,13-18H2,1-2H3,(H,30,35). The normalized spacial score (nSPS) is 19.3. The van der Waals surface area contributed by atoms with Crippen molar-refractivity contribution in [3.05, 3.63) is 99.0 Å². The van der Waals surface area contributed by atoms with E-state index in [9.17, 15) is 24.8 Å². The number of benzene rings is 2. The first-order valence-electron chi connectivity index (χ1n) is 13.1. The number of aliphatic hydroxyl groups is 1. The molecule has 0 aromatic heterocycles. The van der Waals surface area contributed by atoms with E-state index in [0.717, 1.165) is 49.3 Å². The molecule has 10 nitrogen and oxygen atoms in total. The number of hydrogen-bond donors (Lipinski definition) is 2. The highest BCUT2D eigenvalue weighted by Gasteiger charge is 2.34. The molecule has 4 rings (SSSR count). The lowest BCUT2D eigenvalue weighted by atomic mass is 9.84. The van der Waals surface area contributed by atoms with Gasteiger partial charge in [0.2, 0.25) is 12.8 Å². The van der Waals surface area contributed by atoms with Gasteiger partial charge in [-0.1, -0.05) is 42.5 Å². The average molecular weight is 534 g/mol. The maximum atomic E-state index is 12.4. The number of nitrogens with zero attached hydrogens (tertiary/aromatic N) is 4. The number of carbonyl (C=O) groups excluding carboxylic acids is 2. The van der Waals surface area contributed by atoms with Crippen molar-refractivity contribution in [3.8, 4) is 0 Å². The summed E-state index contributed by atoms with van der Waals surface area (Å²) in [5.74, 6) is -0.323. The molecule has 0 saturated carbocycles. The molecular formula is C29H35N5O5. The summed E-state index contributed by atoms with van der Waals surface area (Å²) in [4.78, 5) is 38.3. The quantitative estimate of drug-likeness (QED) is 0.257. The van der Waals surface area contributed by atoms with Gasteiger partial charge >= 0.3 is 0 Å². The predicted octanol–water partition coefficient (Wildman–Crippen LogP) is 3.62. The topological polar surface area (TPSA) is 119 Å². The Labute approximate surface area is 228 Å². The number of rotatable bonds is 11. The lowest BCUT2D eigenvalue weighted by Crippen LogP contribution is -2.44. The summed E-state index contributed by atoms with van der Waals surface area (Å²) < 4.78 is 0. The summed E-state index contributed by atoms with van der Waals surface area (Å²) in [7, 11) is 0. The van der Waals surface area contributed by atoms with E-state index in [-0.39, 0.29) is 11.6 Å². The number of likely N-dealkylation sites (tertiary alicyclic amines) is 1. The number of non-ortho nitro benzene ring substituents is 1. The molecule has 206 valence electrons. The number of allylic oxidation sites excluding steroid dienone is 3. The number of nitrogens with one attached hydrogen (secondary N) is 1. The van der Waals surface area contributed by atoms with Crippen LogP contribution in [0.1, 0.15) is 50.2 Å². The zero-order chi connectivity index (χ0) is 28.0. The second-order valence-corrected chi connectivity index (χ2v) is 10.1. The molecule has 1 atom stereocenters. The van der Waals surface area contributed by atoms with E-state index in [2.05, 4.69) is 10.3 Å². The van der Waals surface area contributed by atoms with E-state index < -0.39 is 10.5 Å². The summed E-state index contributed by atoms with van der Waals surface area (Å²) in [5.41, 5.74) is 5.80. The van der Waals surface area contributed by atoms with Crippen LogP contribution in [0.5, 0.6) is 0 Å². The Morgan fingerprint density at radius 3 is 2.36 bits per heavy atom. The van der Waals surface area contributed by atoms with E-state index in [0.29, 0.717) is 37.2 Å². The van der Waals surface area contributed by atoms with Crippen molar-refractivity contribution in [1.82, 2.24) is 20.2 Å². The zero-order valence-corrected chi connectivity index (χ0v) is 22.3. The summed E-state index contributed by atoms with van der Waals surface area (Å²) in [6.45, 7) is 6.45. The van der Waals surface area contributed by atoms with Gasteiger partial charge in [-0.25, -0.2) is 0 Å². The highest BCUT2D eigenvalue weighted by atomic mass is 16.6. The molecule has 1 fully saturated rings. The molecule has 2 aromatic rings. The van der Waals surface area contributed by atoms with Crippen molar-refractivity contribution in [3.63, 3.8) is 0 Å². The Hall–Kier alpha value is -4.02. The van der Waals surface area contributed by atoms with Crippen LogP contribution in [0, 0.1) is 10.1 Å². The van der Waals surface area contributed by atoms with Crippen LogP contribution in [0.4, 0.5) is 5.69 Å². The van der Waals surface area contributed by atoms with Gasteiger partial charge in [-0.3, -0.25) is 30.1 Å². The first-order valence-corrected chi connectivity index (χ1v) is 13.1. The first-order chi connectivity index (χ1) is 18.8. The SMILES string of the molecule is CC1=CC(c2ccc([N+](=O)[O-])cc2)C(N(C=O)CCCN2CCC(O)(c3ccccc3)CC2)=C(C)N1NC=O. The molecular weight excluding hydrogens is 498 g/mol. The fraction of sp³-hybridized carbons (Fsp3) is 0.379. The van der Waals surface area contributed by atoms with Gasteiger partial charge in [-0.15, -0.1) is 0 Å². The summed E-state index contributed by atoms with van der Waals surface area (Å²) in [6, 6.07) is 16.1. The minimum Gasteiger partial charge on any atom is -0.385 e. The average Bonchev–Trinajstić information content (AvgIpc) is 2.95. The zero-order valence-electron chi connectivity index (χ0n) is 22.3. The minimum absolute atomic E-state index is 0.00491. The van der Waals surface area contributed by atoms with Crippen molar-refractivity contribution < 1.29 is 19.6 Å². The van der Waals surface area contributed by atoms with Gasteiger partial charge in [-0.2, -0.15) is 0 Å². The van der Waals surface area contributed by atoms with Crippen LogP contribution in [0.3, 0.4) is 0 Å². The maximum Gasteiger partial charge on any atom is 0.269 e. The molecule has 10 heteroatoms. The molecule has 0 aliphatic carbocycles. The fourth-order valence-electron chi connectivity index (χ4n) is 5.57. The molecule has 2 N–H and O–H groups in total. The number of nitro groups is 1. The lowest BCUT2D eigenvalue weighted by Gasteiger charge is -2.39. The van der Waals surface area contributed by atoms with Gasteiger partial charge < -0.3 is 14.9 Å². The van der Waals surface area contributed by atoms with Gasteiger partial charge in [0.05, 0.1) is 21.9 Å². The third kappa shape index (κ3) is 6.18. The van der Waals surface area contributed by atoms with Crippen LogP contribution in [0.25, 0.3) is 0 Å². The molecule has 1 saturated heterocycles. The van der Waals surface area contributed by atoms with E-state index >= 15 is 0 Å². The summed E-state index contributed by atoms with van der Waals surface area (Å²) in [6.07, 6.45) is 5.34. The predicted molar refractivity (Wildman–Crippen MR) is 147 cm³/mol. The number of hydrogen-bond acceptors (Lipinski definition) is 7. The van der Waals surface area contributed by atoms with Crippen LogP contribution in [-0.4, -0.2) is 63.8 Å². The number of hydrazine groups is 1. The van der Waals surface area contributed by atoms with Crippen molar-refractivity contribution in [1.29, 1.82) is 0 Å². The molecule has 39 heavy (non-hydrogen) atoms.